The minimum absolute atomic E-state index is 0.538. The molecule has 2 aromatic rings. The largest absolute Gasteiger partial charge is 0.384 e. The Morgan fingerprint density at radius 2 is 2.12 bits per heavy atom. The third-order valence-corrected chi connectivity index (χ3v) is 2.60. The predicted octanol–water partition coefficient (Wildman–Crippen LogP) is 1.43. The Labute approximate surface area is 101 Å². The van der Waals surface area contributed by atoms with E-state index in [-0.39, 0.29) is 0 Å². The van der Waals surface area contributed by atoms with Crippen LogP contribution in [-0.2, 0) is 19.4 Å². The average molecular weight is 231 g/mol. The van der Waals surface area contributed by atoms with Gasteiger partial charge in [0, 0.05) is 19.0 Å². The lowest BCUT2D eigenvalue weighted by molar-refractivity contribution is 0.637. The number of nitrogens with two attached hydrogens (primary N) is 1. The van der Waals surface area contributed by atoms with Crippen LogP contribution < -0.4 is 5.73 Å². The molecule has 0 unspecified atom stereocenters. The lowest BCUT2D eigenvalue weighted by Gasteiger charge is -2.04. The van der Waals surface area contributed by atoms with E-state index in [1.54, 1.807) is 6.20 Å². The van der Waals surface area contributed by atoms with Gasteiger partial charge >= 0.3 is 0 Å². The quantitative estimate of drug-likeness (QED) is 0.864. The number of pyridine rings is 1. The van der Waals surface area contributed by atoms with Crippen molar-refractivity contribution < 1.29 is 0 Å². The van der Waals surface area contributed by atoms with E-state index in [4.69, 9.17) is 5.73 Å². The molecule has 5 heteroatoms. The Kier molecular flexibility index (Phi) is 3.37. The first-order valence-corrected chi connectivity index (χ1v) is 5.86. The monoisotopic (exact) mass is 231 g/mol. The van der Waals surface area contributed by atoms with Crippen molar-refractivity contribution in [2.24, 2.45) is 0 Å². The fourth-order valence-electron chi connectivity index (χ4n) is 1.73. The Bertz CT molecular complexity index is 503. The highest BCUT2D eigenvalue weighted by molar-refractivity contribution is 5.31. The van der Waals surface area contributed by atoms with Crippen molar-refractivity contribution in [1.29, 1.82) is 0 Å². The summed E-state index contributed by atoms with van der Waals surface area (Å²) in [5.41, 5.74) is 6.75. The van der Waals surface area contributed by atoms with Crippen LogP contribution >= 0.6 is 0 Å². The summed E-state index contributed by atoms with van der Waals surface area (Å²) in [7, 11) is 0. The van der Waals surface area contributed by atoms with Crippen LogP contribution in [-0.4, -0.2) is 19.7 Å². The van der Waals surface area contributed by atoms with Gasteiger partial charge in [0.15, 0.2) is 5.82 Å². The van der Waals surface area contributed by atoms with Crippen LogP contribution in [0.2, 0.25) is 0 Å². The topological polar surface area (TPSA) is 69.6 Å². The number of aromatic nitrogens is 4. The van der Waals surface area contributed by atoms with Gasteiger partial charge in [0.25, 0.3) is 0 Å². The van der Waals surface area contributed by atoms with Gasteiger partial charge in [0.05, 0.1) is 6.54 Å². The molecule has 17 heavy (non-hydrogen) atoms. The van der Waals surface area contributed by atoms with Crippen LogP contribution in [0.5, 0.6) is 0 Å². The maximum Gasteiger partial charge on any atom is 0.150 e. The van der Waals surface area contributed by atoms with Crippen molar-refractivity contribution in [1.82, 2.24) is 19.7 Å². The predicted molar refractivity (Wildman–Crippen MR) is 66.5 cm³/mol. The van der Waals surface area contributed by atoms with Crippen molar-refractivity contribution in [3.8, 4) is 0 Å². The van der Waals surface area contributed by atoms with Crippen molar-refractivity contribution >= 4 is 5.82 Å². The molecule has 2 aromatic heterocycles. The van der Waals surface area contributed by atoms with Crippen molar-refractivity contribution in [2.75, 3.05) is 5.73 Å². The molecule has 0 radical (unpaired) electrons. The zero-order valence-corrected chi connectivity index (χ0v) is 10.2. The highest BCUT2D eigenvalue weighted by atomic mass is 15.3. The molecule has 0 amide bonds. The van der Waals surface area contributed by atoms with Crippen LogP contribution in [0.25, 0.3) is 0 Å². The molecule has 0 aliphatic heterocycles. The fourth-order valence-corrected chi connectivity index (χ4v) is 1.73. The zero-order chi connectivity index (χ0) is 12.3. The number of aryl methyl sites for hydroxylation is 2. The van der Waals surface area contributed by atoms with E-state index in [2.05, 4.69) is 28.9 Å². The van der Waals surface area contributed by atoms with Gasteiger partial charge in [-0.15, -0.1) is 0 Å². The SMILES string of the molecule is CCc1nc(CC)n(Cc2ccnc(N)c2)n1. The van der Waals surface area contributed by atoms with Gasteiger partial charge < -0.3 is 5.73 Å². The maximum atomic E-state index is 5.66. The van der Waals surface area contributed by atoms with E-state index in [0.29, 0.717) is 12.4 Å². The molecule has 0 fully saturated rings. The summed E-state index contributed by atoms with van der Waals surface area (Å²) in [4.78, 5) is 8.45. The first-order valence-electron chi connectivity index (χ1n) is 5.86. The number of nitrogens with zero attached hydrogens (tertiary/aromatic N) is 4. The van der Waals surface area contributed by atoms with Gasteiger partial charge in [-0.25, -0.2) is 14.6 Å². The van der Waals surface area contributed by atoms with E-state index < -0.39 is 0 Å². The van der Waals surface area contributed by atoms with Gasteiger partial charge in [-0.05, 0) is 17.7 Å². The first kappa shape index (κ1) is 11.6. The van der Waals surface area contributed by atoms with Gasteiger partial charge in [-0.2, -0.15) is 5.10 Å². The highest BCUT2D eigenvalue weighted by Crippen LogP contribution is 2.08. The summed E-state index contributed by atoms with van der Waals surface area (Å²) in [6.07, 6.45) is 3.46. The van der Waals surface area contributed by atoms with E-state index in [1.807, 2.05) is 16.8 Å². The molecule has 2 rings (SSSR count). The second-order valence-electron chi connectivity index (χ2n) is 3.90. The van der Waals surface area contributed by atoms with Crippen LogP contribution in [0.3, 0.4) is 0 Å². The molecule has 2 heterocycles. The fraction of sp³-hybridized carbons (Fsp3) is 0.417. The summed E-state index contributed by atoms with van der Waals surface area (Å²) in [5.74, 6) is 2.44. The number of anilines is 1. The molecule has 90 valence electrons. The molecular formula is C12H17N5. The number of rotatable bonds is 4. The summed E-state index contributed by atoms with van der Waals surface area (Å²) < 4.78 is 1.94. The average Bonchev–Trinajstić information content (AvgIpc) is 2.71. The molecule has 0 bridgehead atoms. The standard InChI is InChI=1S/C12H17N5/c1-3-11-15-12(4-2)17(16-11)8-9-5-6-14-10(13)7-9/h5-7H,3-4,8H2,1-2H3,(H2,13,14). The lowest BCUT2D eigenvalue weighted by atomic mass is 10.2. The molecule has 0 saturated carbocycles. The molecule has 0 atom stereocenters. The number of hydrogen-bond donors (Lipinski definition) is 1. The normalized spacial score (nSPS) is 10.7. The molecule has 0 spiro atoms. The summed E-state index contributed by atoms with van der Waals surface area (Å²) in [6, 6.07) is 3.82. The second-order valence-corrected chi connectivity index (χ2v) is 3.90. The molecule has 0 aliphatic carbocycles. The molecule has 0 aromatic carbocycles. The molecule has 2 N–H and O–H groups in total. The summed E-state index contributed by atoms with van der Waals surface area (Å²) >= 11 is 0. The minimum Gasteiger partial charge on any atom is -0.384 e. The molecule has 5 nitrogen and oxygen atoms in total. The lowest BCUT2D eigenvalue weighted by Crippen LogP contribution is -2.07. The number of hydrogen-bond acceptors (Lipinski definition) is 4. The summed E-state index contributed by atoms with van der Waals surface area (Å²) in [5, 5.41) is 4.47. The third-order valence-electron chi connectivity index (χ3n) is 2.60. The van der Waals surface area contributed by atoms with Crippen LogP contribution in [0, 0.1) is 0 Å². The first-order chi connectivity index (χ1) is 8.22. The van der Waals surface area contributed by atoms with Gasteiger partial charge in [0.1, 0.15) is 11.6 Å². The zero-order valence-electron chi connectivity index (χ0n) is 10.2. The molecule has 0 saturated heterocycles. The van der Waals surface area contributed by atoms with Crippen molar-refractivity contribution in [2.45, 2.75) is 33.2 Å². The van der Waals surface area contributed by atoms with Crippen LogP contribution in [0.1, 0.15) is 31.1 Å². The second kappa shape index (κ2) is 4.95. The van der Waals surface area contributed by atoms with Gasteiger partial charge in [-0.3, -0.25) is 0 Å². The van der Waals surface area contributed by atoms with Gasteiger partial charge in [-0.1, -0.05) is 13.8 Å². The number of nitrogen functional groups attached to an aromatic ring is 1. The maximum absolute atomic E-state index is 5.66. The van der Waals surface area contributed by atoms with E-state index in [9.17, 15) is 0 Å². The van der Waals surface area contributed by atoms with Crippen molar-refractivity contribution in [3.05, 3.63) is 35.5 Å². The van der Waals surface area contributed by atoms with Gasteiger partial charge in [0.2, 0.25) is 0 Å². The van der Waals surface area contributed by atoms with E-state index >= 15 is 0 Å². The van der Waals surface area contributed by atoms with Crippen molar-refractivity contribution in [3.63, 3.8) is 0 Å². The van der Waals surface area contributed by atoms with Crippen LogP contribution in [0.15, 0.2) is 18.3 Å². The molecule has 0 aliphatic rings. The Morgan fingerprint density at radius 3 is 2.76 bits per heavy atom. The smallest absolute Gasteiger partial charge is 0.150 e. The minimum atomic E-state index is 0.538. The van der Waals surface area contributed by atoms with E-state index in [0.717, 1.165) is 30.1 Å². The van der Waals surface area contributed by atoms with Crippen LogP contribution in [0.4, 0.5) is 5.82 Å². The Balaban J connectivity index is 2.25. The molecular weight excluding hydrogens is 214 g/mol. The van der Waals surface area contributed by atoms with E-state index in [1.165, 1.54) is 0 Å². The highest BCUT2D eigenvalue weighted by Gasteiger charge is 2.07. The Hall–Kier alpha value is -1.91. The Morgan fingerprint density at radius 1 is 1.29 bits per heavy atom. The summed E-state index contributed by atoms with van der Waals surface area (Å²) in [6.45, 7) is 4.84. The third kappa shape index (κ3) is 2.61.